The fourth-order valence-corrected chi connectivity index (χ4v) is 2.20. The molecule has 6 nitrogen and oxygen atoms in total. The molecule has 0 spiro atoms. The third-order valence-corrected chi connectivity index (χ3v) is 4.10. The fraction of sp³-hybridized carbons (Fsp3) is 0.846. The molecule has 1 rings (SSSR count). The zero-order chi connectivity index (χ0) is 14.5. The normalized spacial score (nSPS) is 18.5. The zero-order valence-corrected chi connectivity index (χ0v) is 12.0. The molecule has 0 aliphatic heterocycles. The van der Waals surface area contributed by atoms with E-state index in [-0.39, 0.29) is 11.6 Å². The number of rotatable bonds is 7. The average Bonchev–Trinajstić information content (AvgIpc) is 2.26. The van der Waals surface area contributed by atoms with Gasteiger partial charge in [0.15, 0.2) is 0 Å². The van der Waals surface area contributed by atoms with E-state index in [2.05, 4.69) is 15.5 Å². The van der Waals surface area contributed by atoms with Crippen molar-refractivity contribution in [2.75, 3.05) is 27.2 Å². The number of carbonyl (C=O) groups excluding carboxylic acids is 1. The van der Waals surface area contributed by atoms with Gasteiger partial charge in [0.2, 0.25) is 0 Å². The first-order valence-corrected chi connectivity index (χ1v) is 6.79. The van der Waals surface area contributed by atoms with Crippen molar-refractivity contribution in [2.24, 2.45) is 5.92 Å². The molecular formula is C13H25N3O3. The van der Waals surface area contributed by atoms with Crippen LogP contribution in [0.15, 0.2) is 0 Å². The van der Waals surface area contributed by atoms with E-state index >= 15 is 0 Å². The summed E-state index contributed by atoms with van der Waals surface area (Å²) in [6.45, 7) is 2.66. The topological polar surface area (TPSA) is 81.7 Å². The van der Waals surface area contributed by atoms with E-state index in [1.54, 1.807) is 6.92 Å². The SMILES string of the molecule is CC(CCNC(=O)NCC1(N(C)C)CCC1)C(=O)O. The molecule has 1 aliphatic carbocycles. The smallest absolute Gasteiger partial charge is 0.314 e. The minimum absolute atomic E-state index is 0.103. The van der Waals surface area contributed by atoms with Gasteiger partial charge in [-0.1, -0.05) is 6.92 Å². The quantitative estimate of drug-likeness (QED) is 0.642. The summed E-state index contributed by atoms with van der Waals surface area (Å²) in [6.07, 6.45) is 3.87. The monoisotopic (exact) mass is 271 g/mol. The van der Waals surface area contributed by atoms with Gasteiger partial charge in [-0.15, -0.1) is 0 Å². The molecule has 1 aliphatic rings. The Morgan fingerprint density at radius 2 is 1.95 bits per heavy atom. The molecule has 0 heterocycles. The summed E-state index contributed by atoms with van der Waals surface area (Å²) in [6, 6.07) is -0.217. The number of likely N-dealkylation sites (N-methyl/N-ethyl adjacent to an activating group) is 1. The molecule has 1 atom stereocenters. The Labute approximate surface area is 114 Å². The van der Waals surface area contributed by atoms with Crippen molar-refractivity contribution in [1.29, 1.82) is 0 Å². The van der Waals surface area contributed by atoms with Gasteiger partial charge in [0, 0.05) is 18.6 Å². The molecule has 0 saturated heterocycles. The summed E-state index contributed by atoms with van der Waals surface area (Å²) in [4.78, 5) is 24.4. The Hall–Kier alpha value is -1.30. The molecule has 3 N–H and O–H groups in total. The van der Waals surface area contributed by atoms with Crippen molar-refractivity contribution in [3.63, 3.8) is 0 Å². The lowest BCUT2D eigenvalue weighted by Crippen LogP contribution is -2.58. The van der Waals surface area contributed by atoms with Gasteiger partial charge in [-0.3, -0.25) is 4.79 Å². The lowest BCUT2D eigenvalue weighted by molar-refractivity contribution is -0.141. The number of aliphatic carboxylic acids is 1. The first-order chi connectivity index (χ1) is 8.87. The lowest BCUT2D eigenvalue weighted by atomic mass is 9.75. The standard InChI is InChI=1S/C13H25N3O3/c1-10(11(17)18)5-8-14-12(19)15-9-13(16(2)3)6-4-7-13/h10H,4-9H2,1-3H3,(H,17,18)(H2,14,15,19). The molecule has 1 saturated carbocycles. The van der Waals surface area contributed by atoms with E-state index in [0.29, 0.717) is 19.5 Å². The number of carbonyl (C=O) groups is 2. The fourth-order valence-electron chi connectivity index (χ4n) is 2.20. The lowest BCUT2D eigenvalue weighted by Gasteiger charge is -2.47. The van der Waals surface area contributed by atoms with Crippen LogP contribution in [0, 0.1) is 5.92 Å². The summed E-state index contributed by atoms with van der Waals surface area (Å²) < 4.78 is 0. The molecular weight excluding hydrogens is 246 g/mol. The molecule has 0 aromatic heterocycles. The highest BCUT2D eigenvalue weighted by Gasteiger charge is 2.39. The van der Waals surface area contributed by atoms with Crippen LogP contribution in [0.5, 0.6) is 0 Å². The van der Waals surface area contributed by atoms with Crippen LogP contribution in [0.2, 0.25) is 0 Å². The van der Waals surface area contributed by atoms with Gasteiger partial charge in [-0.25, -0.2) is 4.79 Å². The Morgan fingerprint density at radius 3 is 2.37 bits per heavy atom. The van der Waals surface area contributed by atoms with Gasteiger partial charge >= 0.3 is 12.0 Å². The minimum atomic E-state index is -0.830. The Morgan fingerprint density at radius 1 is 1.32 bits per heavy atom. The first-order valence-electron chi connectivity index (χ1n) is 6.79. The highest BCUT2D eigenvalue weighted by Crippen LogP contribution is 2.35. The van der Waals surface area contributed by atoms with E-state index in [1.165, 1.54) is 6.42 Å². The van der Waals surface area contributed by atoms with Crippen molar-refractivity contribution in [3.05, 3.63) is 0 Å². The summed E-state index contributed by atoms with van der Waals surface area (Å²) in [5.41, 5.74) is 0.103. The summed E-state index contributed by atoms with van der Waals surface area (Å²) in [5.74, 6) is -1.26. The van der Waals surface area contributed by atoms with Gasteiger partial charge in [0.05, 0.1) is 5.92 Å². The van der Waals surface area contributed by atoms with Crippen molar-refractivity contribution >= 4 is 12.0 Å². The number of hydrogen-bond donors (Lipinski definition) is 3. The molecule has 110 valence electrons. The zero-order valence-electron chi connectivity index (χ0n) is 12.0. The number of amides is 2. The third kappa shape index (κ3) is 4.38. The second-order valence-corrected chi connectivity index (χ2v) is 5.61. The van der Waals surface area contributed by atoms with Crippen molar-refractivity contribution < 1.29 is 14.7 Å². The van der Waals surface area contributed by atoms with Crippen molar-refractivity contribution in [3.8, 4) is 0 Å². The molecule has 0 aromatic rings. The predicted molar refractivity (Wildman–Crippen MR) is 73.1 cm³/mol. The summed E-state index contributed by atoms with van der Waals surface area (Å²) in [5, 5.41) is 14.3. The van der Waals surface area contributed by atoms with Gasteiger partial charge < -0.3 is 20.6 Å². The average molecular weight is 271 g/mol. The third-order valence-electron chi connectivity index (χ3n) is 4.10. The number of nitrogens with one attached hydrogen (secondary N) is 2. The molecule has 2 amide bonds. The molecule has 1 unspecified atom stereocenters. The van der Waals surface area contributed by atoms with Crippen LogP contribution in [0.4, 0.5) is 4.79 Å². The molecule has 19 heavy (non-hydrogen) atoms. The molecule has 1 fully saturated rings. The van der Waals surface area contributed by atoms with Gasteiger partial charge in [-0.2, -0.15) is 0 Å². The number of urea groups is 1. The van der Waals surface area contributed by atoms with Crippen LogP contribution < -0.4 is 10.6 Å². The summed E-state index contributed by atoms with van der Waals surface area (Å²) in [7, 11) is 4.07. The van der Waals surface area contributed by atoms with Gasteiger partial charge in [0.25, 0.3) is 0 Å². The first kappa shape index (κ1) is 15.8. The van der Waals surface area contributed by atoms with E-state index in [4.69, 9.17) is 5.11 Å². The highest BCUT2D eigenvalue weighted by molar-refractivity contribution is 5.74. The number of carboxylic acid groups (broad SMARTS) is 1. The van der Waals surface area contributed by atoms with Crippen LogP contribution in [0.3, 0.4) is 0 Å². The van der Waals surface area contributed by atoms with E-state index < -0.39 is 11.9 Å². The van der Waals surface area contributed by atoms with Crippen molar-refractivity contribution in [2.45, 2.75) is 38.1 Å². The Kier molecular flexibility index (Phi) is 5.60. The molecule has 0 radical (unpaired) electrons. The highest BCUT2D eigenvalue weighted by atomic mass is 16.4. The predicted octanol–water partition coefficient (Wildman–Crippen LogP) is 0.881. The van der Waals surface area contributed by atoms with E-state index in [9.17, 15) is 9.59 Å². The minimum Gasteiger partial charge on any atom is -0.481 e. The van der Waals surface area contributed by atoms with Crippen LogP contribution in [0.1, 0.15) is 32.6 Å². The van der Waals surface area contributed by atoms with Gasteiger partial charge in [-0.05, 0) is 39.8 Å². The van der Waals surface area contributed by atoms with Gasteiger partial charge in [0.1, 0.15) is 0 Å². The Bertz CT molecular complexity index is 327. The van der Waals surface area contributed by atoms with Crippen LogP contribution in [-0.4, -0.2) is 54.7 Å². The number of carboxylic acids is 1. The van der Waals surface area contributed by atoms with E-state index in [1.807, 2.05) is 14.1 Å². The molecule has 0 bridgehead atoms. The maximum atomic E-state index is 11.6. The maximum absolute atomic E-state index is 11.6. The van der Waals surface area contributed by atoms with Crippen LogP contribution >= 0.6 is 0 Å². The van der Waals surface area contributed by atoms with Crippen molar-refractivity contribution in [1.82, 2.24) is 15.5 Å². The largest absolute Gasteiger partial charge is 0.481 e. The van der Waals surface area contributed by atoms with E-state index in [0.717, 1.165) is 12.8 Å². The second-order valence-electron chi connectivity index (χ2n) is 5.61. The summed E-state index contributed by atoms with van der Waals surface area (Å²) >= 11 is 0. The number of nitrogens with zero attached hydrogens (tertiary/aromatic N) is 1. The molecule has 6 heteroatoms. The molecule has 0 aromatic carbocycles. The van der Waals surface area contributed by atoms with Crippen LogP contribution in [-0.2, 0) is 4.79 Å². The Balaban J connectivity index is 2.19. The second kappa shape index (κ2) is 6.75. The maximum Gasteiger partial charge on any atom is 0.314 e. The number of hydrogen-bond acceptors (Lipinski definition) is 3. The van der Waals surface area contributed by atoms with Crippen LogP contribution in [0.25, 0.3) is 0 Å².